The Balaban J connectivity index is 2.00. The number of aromatic nitrogens is 3. The first-order chi connectivity index (χ1) is 12.6. The smallest absolute Gasteiger partial charge is 0.353 e. The zero-order valence-corrected chi connectivity index (χ0v) is 14.7. The van der Waals surface area contributed by atoms with Gasteiger partial charge in [-0.15, -0.1) is 0 Å². The monoisotopic (exact) mass is 352 g/mol. The second-order valence-electron chi connectivity index (χ2n) is 5.91. The van der Waals surface area contributed by atoms with Gasteiger partial charge in [0, 0.05) is 23.3 Å². The molecule has 2 N–H and O–H groups in total. The van der Waals surface area contributed by atoms with Crippen molar-refractivity contribution in [3.05, 3.63) is 52.5 Å². The highest BCUT2D eigenvalue weighted by Crippen LogP contribution is 2.33. The number of hydrogen-bond donors (Lipinski definition) is 2. The van der Waals surface area contributed by atoms with E-state index in [0.717, 1.165) is 29.4 Å². The molecule has 26 heavy (non-hydrogen) atoms. The summed E-state index contributed by atoms with van der Waals surface area (Å²) in [6.45, 7) is 4.59. The number of benzene rings is 1. The van der Waals surface area contributed by atoms with Crippen molar-refractivity contribution in [2.45, 2.75) is 26.7 Å². The topological polar surface area (TPSA) is 106 Å². The SMILES string of the molecule is CCCCNc1ncnc(Nc2cccc3nc(C)ccc23)c1[N+](=O)[O-]. The number of hydrogen-bond acceptors (Lipinski definition) is 7. The van der Waals surface area contributed by atoms with E-state index < -0.39 is 4.92 Å². The Morgan fingerprint density at radius 2 is 1.96 bits per heavy atom. The Labute approximate surface area is 150 Å². The fourth-order valence-electron chi connectivity index (χ4n) is 2.65. The normalized spacial score (nSPS) is 10.7. The number of rotatable bonds is 7. The molecule has 2 aromatic heterocycles. The van der Waals surface area contributed by atoms with Crippen LogP contribution in [0.15, 0.2) is 36.7 Å². The number of nitrogens with one attached hydrogen (secondary N) is 2. The summed E-state index contributed by atoms with van der Waals surface area (Å²) in [5, 5.41) is 18.6. The Morgan fingerprint density at radius 3 is 2.73 bits per heavy atom. The lowest BCUT2D eigenvalue weighted by Gasteiger charge is -2.11. The average Bonchev–Trinajstić information content (AvgIpc) is 2.62. The maximum Gasteiger partial charge on any atom is 0.353 e. The lowest BCUT2D eigenvalue weighted by atomic mass is 10.1. The van der Waals surface area contributed by atoms with Gasteiger partial charge in [0.15, 0.2) is 0 Å². The predicted molar refractivity (Wildman–Crippen MR) is 102 cm³/mol. The van der Waals surface area contributed by atoms with Crippen molar-refractivity contribution >= 4 is 33.9 Å². The second-order valence-corrected chi connectivity index (χ2v) is 5.91. The fraction of sp³-hybridized carbons (Fsp3) is 0.278. The largest absolute Gasteiger partial charge is 0.364 e. The predicted octanol–water partition coefficient (Wildman–Crippen LogP) is 4.20. The molecule has 1 aromatic carbocycles. The minimum atomic E-state index is -0.468. The maximum absolute atomic E-state index is 11.6. The van der Waals surface area contributed by atoms with Crippen molar-refractivity contribution in [3.8, 4) is 0 Å². The third kappa shape index (κ3) is 3.69. The lowest BCUT2D eigenvalue weighted by molar-refractivity contribution is -0.383. The standard InChI is InChI=1S/C18H20N6O2/c1-3-4-10-19-17-16(24(25)26)18(21-11-20-17)23-15-7-5-6-14-13(15)9-8-12(2)22-14/h5-9,11H,3-4,10H2,1-2H3,(H2,19,20,21,23). The maximum atomic E-state index is 11.6. The van der Waals surface area contributed by atoms with E-state index >= 15 is 0 Å². The summed E-state index contributed by atoms with van der Waals surface area (Å²) in [5.41, 5.74) is 2.26. The van der Waals surface area contributed by atoms with Crippen molar-refractivity contribution in [3.63, 3.8) is 0 Å². The van der Waals surface area contributed by atoms with E-state index in [0.29, 0.717) is 12.2 Å². The van der Waals surface area contributed by atoms with Gasteiger partial charge in [-0.05, 0) is 37.6 Å². The molecule has 0 bridgehead atoms. The number of aryl methyl sites for hydroxylation is 1. The van der Waals surface area contributed by atoms with Gasteiger partial charge in [0.2, 0.25) is 11.6 Å². The first-order valence-corrected chi connectivity index (χ1v) is 8.46. The highest BCUT2D eigenvalue weighted by Gasteiger charge is 2.23. The summed E-state index contributed by atoms with van der Waals surface area (Å²) in [6.07, 6.45) is 3.20. The number of fused-ring (bicyclic) bond motifs is 1. The van der Waals surface area contributed by atoms with Crippen LogP contribution < -0.4 is 10.6 Å². The van der Waals surface area contributed by atoms with Crippen LogP contribution in [0.4, 0.5) is 23.0 Å². The first-order valence-electron chi connectivity index (χ1n) is 8.46. The number of nitrogens with zero attached hydrogens (tertiary/aromatic N) is 4. The van der Waals surface area contributed by atoms with E-state index in [2.05, 4.69) is 32.5 Å². The molecule has 0 atom stereocenters. The van der Waals surface area contributed by atoms with Crippen LogP contribution in [0, 0.1) is 17.0 Å². The molecular weight excluding hydrogens is 332 g/mol. The van der Waals surface area contributed by atoms with Crippen LogP contribution in [0.3, 0.4) is 0 Å². The van der Waals surface area contributed by atoms with Crippen molar-refractivity contribution in [2.24, 2.45) is 0 Å². The highest BCUT2D eigenvalue weighted by molar-refractivity contribution is 5.94. The molecule has 0 aliphatic carbocycles. The third-order valence-electron chi connectivity index (χ3n) is 3.95. The Bertz CT molecular complexity index is 944. The van der Waals surface area contributed by atoms with E-state index in [1.165, 1.54) is 6.33 Å². The summed E-state index contributed by atoms with van der Waals surface area (Å²) in [6, 6.07) is 9.44. The average molecular weight is 352 g/mol. The van der Waals surface area contributed by atoms with Gasteiger partial charge in [0.05, 0.1) is 10.4 Å². The summed E-state index contributed by atoms with van der Waals surface area (Å²) >= 11 is 0. The van der Waals surface area contributed by atoms with Crippen LogP contribution in [0.25, 0.3) is 10.9 Å². The molecule has 0 fully saturated rings. The number of nitro groups is 1. The summed E-state index contributed by atoms with van der Waals surface area (Å²) < 4.78 is 0. The van der Waals surface area contributed by atoms with Crippen molar-refractivity contribution in [1.82, 2.24) is 15.0 Å². The molecule has 0 saturated carbocycles. The lowest BCUT2D eigenvalue weighted by Crippen LogP contribution is -2.09. The van der Waals surface area contributed by atoms with Crippen LogP contribution in [-0.2, 0) is 0 Å². The molecule has 3 rings (SSSR count). The molecule has 0 spiro atoms. The van der Waals surface area contributed by atoms with Gasteiger partial charge in [0.1, 0.15) is 6.33 Å². The van der Waals surface area contributed by atoms with Crippen LogP contribution in [0.2, 0.25) is 0 Å². The zero-order valence-electron chi connectivity index (χ0n) is 14.7. The third-order valence-corrected chi connectivity index (χ3v) is 3.95. The number of anilines is 3. The Kier molecular flexibility index (Phi) is 5.21. The van der Waals surface area contributed by atoms with E-state index in [4.69, 9.17) is 0 Å². The molecular formula is C18H20N6O2. The summed E-state index contributed by atoms with van der Waals surface area (Å²) in [5.74, 6) is 0.368. The van der Waals surface area contributed by atoms with Crippen molar-refractivity contribution in [2.75, 3.05) is 17.2 Å². The van der Waals surface area contributed by atoms with Crippen LogP contribution >= 0.6 is 0 Å². The number of unbranched alkanes of at least 4 members (excludes halogenated alkanes) is 1. The Morgan fingerprint density at radius 1 is 1.15 bits per heavy atom. The molecule has 0 saturated heterocycles. The molecule has 0 amide bonds. The molecule has 0 aliphatic heterocycles. The zero-order chi connectivity index (χ0) is 18.5. The highest BCUT2D eigenvalue weighted by atomic mass is 16.6. The second kappa shape index (κ2) is 7.73. The van der Waals surface area contributed by atoms with E-state index in [1.807, 2.05) is 37.3 Å². The van der Waals surface area contributed by atoms with Crippen LogP contribution in [0.5, 0.6) is 0 Å². The quantitative estimate of drug-likeness (QED) is 0.373. The van der Waals surface area contributed by atoms with E-state index in [9.17, 15) is 10.1 Å². The molecule has 0 radical (unpaired) electrons. The van der Waals surface area contributed by atoms with Gasteiger partial charge in [-0.3, -0.25) is 15.1 Å². The first kappa shape index (κ1) is 17.5. The molecule has 8 nitrogen and oxygen atoms in total. The molecule has 8 heteroatoms. The molecule has 3 aromatic rings. The summed E-state index contributed by atoms with van der Waals surface area (Å²) in [4.78, 5) is 23.7. The van der Waals surface area contributed by atoms with Crippen molar-refractivity contribution < 1.29 is 4.92 Å². The van der Waals surface area contributed by atoms with Crippen molar-refractivity contribution in [1.29, 1.82) is 0 Å². The van der Waals surface area contributed by atoms with Gasteiger partial charge in [-0.25, -0.2) is 9.97 Å². The molecule has 134 valence electrons. The van der Waals surface area contributed by atoms with Gasteiger partial charge in [-0.1, -0.05) is 19.4 Å². The van der Waals surface area contributed by atoms with Crippen LogP contribution in [-0.4, -0.2) is 26.4 Å². The molecule has 2 heterocycles. The minimum absolute atomic E-state index is 0.150. The molecule has 0 aliphatic rings. The van der Waals surface area contributed by atoms with Crippen LogP contribution in [0.1, 0.15) is 25.5 Å². The van der Waals surface area contributed by atoms with Gasteiger partial charge in [0.25, 0.3) is 0 Å². The van der Waals surface area contributed by atoms with E-state index in [-0.39, 0.29) is 17.3 Å². The van der Waals surface area contributed by atoms with Gasteiger partial charge >= 0.3 is 5.69 Å². The number of pyridine rings is 1. The van der Waals surface area contributed by atoms with E-state index in [1.54, 1.807) is 0 Å². The summed E-state index contributed by atoms with van der Waals surface area (Å²) in [7, 11) is 0. The Hall–Kier alpha value is -3.29. The minimum Gasteiger partial charge on any atom is -0.364 e. The van der Waals surface area contributed by atoms with Gasteiger partial charge < -0.3 is 10.6 Å². The van der Waals surface area contributed by atoms with Gasteiger partial charge in [-0.2, -0.15) is 0 Å². The fourth-order valence-corrected chi connectivity index (χ4v) is 2.65. The molecule has 0 unspecified atom stereocenters.